The average molecular weight is 761 g/mol. The average Bonchev–Trinajstić information content (AvgIpc) is 3.14. The minimum absolute atomic E-state index is 0.0379. The summed E-state index contributed by atoms with van der Waals surface area (Å²) in [6.07, 6.45) is -0.329. The Morgan fingerprint density at radius 2 is 1.65 bits per heavy atom. The number of imide groups is 1. The van der Waals surface area contributed by atoms with Crippen molar-refractivity contribution in [1.82, 2.24) is 25.2 Å². The van der Waals surface area contributed by atoms with Gasteiger partial charge >= 0.3 is 0 Å². The molecule has 8 nitrogen and oxygen atoms in total. The van der Waals surface area contributed by atoms with Crippen molar-refractivity contribution in [2.75, 3.05) is 18.4 Å². The lowest BCUT2D eigenvalue weighted by molar-refractivity contribution is -0.137. The summed E-state index contributed by atoms with van der Waals surface area (Å²) in [4.78, 5) is 39.8. The molecular weight excluding hydrogens is 722 g/mol. The molecule has 286 valence electrons. The smallest absolute Gasteiger partial charge is 0.266 e. The molecule has 0 saturated carbocycles. The van der Waals surface area contributed by atoms with Crippen LogP contribution < -0.4 is 10.6 Å². The molecule has 2 aromatic heterocycles. The van der Waals surface area contributed by atoms with Gasteiger partial charge in [-0.15, -0.1) is 0 Å². The highest BCUT2D eigenvalue weighted by Gasteiger charge is 2.41. The van der Waals surface area contributed by atoms with E-state index in [1.54, 1.807) is 45.2 Å². The first-order valence-corrected chi connectivity index (χ1v) is 18.0. The normalized spacial score (nSPS) is 18.9. The fourth-order valence-electron chi connectivity index (χ4n) is 7.62. The van der Waals surface area contributed by atoms with Crippen molar-refractivity contribution in [1.29, 1.82) is 0 Å². The molecule has 0 radical (unpaired) electrons. The molecule has 2 saturated heterocycles. The first-order chi connectivity index (χ1) is 26.2. The molecule has 2 amide bonds. The monoisotopic (exact) mass is 760 g/mol. The van der Waals surface area contributed by atoms with Crippen molar-refractivity contribution in [2.24, 2.45) is 0 Å². The van der Waals surface area contributed by atoms with Crippen LogP contribution in [0.5, 0.6) is 0 Å². The van der Waals surface area contributed by atoms with Crippen LogP contribution in [0.15, 0.2) is 60.8 Å². The van der Waals surface area contributed by atoms with Gasteiger partial charge in [0, 0.05) is 40.6 Å². The summed E-state index contributed by atoms with van der Waals surface area (Å²) in [7, 11) is 0. The second-order valence-corrected chi connectivity index (χ2v) is 14.5. The number of amides is 2. The van der Waals surface area contributed by atoms with Gasteiger partial charge in [0.15, 0.2) is 0 Å². The van der Waals surface area contributed by atoms with Crippen molar-refractivity contribution in [2.45, 2.75) is 76.8 Å². The van der Waals surface area contributed by atoms with Gasteiger partial charge in [-0.3, -0.25) is 24.8 Å². The maximum absolute atomic E-state index is 15.5. The Kier molecular flexibility index (Phi) is 10.4. The summed E-state index contributed by atoms with van der Waals surface area (Å²) in [6.45, 7) is 6.05. The molecule has 2 aliphatic rings. The number of fused-ring (bicyclic) bond motifs is 1. The lowest BCUT2D eigenvalue weighted by Gasteiger charge is -2.34. The fraction of sp³-hybridized carbons (Fsp3) is 0.341. The number of likely N-dealkylation sites (tertiary alicyclic amines) is 1. The Morgan fingerprint density at radius 1 is 0.945 bits per heavy atom. The van der Waals surface area contributed by atoms with Crippen LogP contribution in [0.25, 0.3) is 22.2 Å². The number of pyridine rings is 1. The number of nitrogens with zero attached hydrogens (tertiary/aromatic N) is 4. The first-order valence-electron chi connectivity index (χ1n) is 18.0. The Labute approximate surface area is 313 Å². The van der Waals surface area contributed by atoms with E-state index in [4.69, 9.17) is 0 Å². The number of rotatable bonds is 9. The van der Waals surface area contributed by atoms with Crippen LogP contribution >= 0.6 is 0 Å². The quantitative estimate of drug-likeness (QED) is 0.115. The number of nitrogens with one attached hydrogen (secondary N) is 2. The molecule has 2 atom stereocenters. The number of aromatic nitrogens is 3. The highest BCUT2D eigenvalue weighted by atomic mass is 19.3. The number of aryl methyl sites for hydroxylation is 1. The van der Waals surface area contributed by atoms with E-state index < -0.39 is 64.4 Å². The molecule has 7 rings (SSSR count). The number of carbonyl (C=O) groups excluding carboxylic acids is 2. The van der Waals surface area contributed by atoms with Gasteiger partial charge in [-0.25, -0.2) is 36.3 Å². The van der Waals surface area contributed by atoms with Crippen molar-refractivity contribution in [3.63, 3.8) is 0 Å². The van der Waals surface area contributed by atoms with Crippen LogP contribution in [0.3, 0.4) is 0 Å². The van der Waals surface area contributed by atoms with E-state index >= 15 is 13.2 Å². The number of hydrogen-bond donors (Lipinski definition) is 2. The van der Waals surface area contributed by atoms with Crippen LogP contribution in [0.2, 0.25) is 0 Å². The number of benzene rings is 3. The topological polar surface area (TPSA) is 100 Å². The van der Waals surface area contributed by atoms with Gasteiger partial charge in [0.2, 0.25) is 11.8 Å². The Balaban J connectivity index is 1.07. The third kappa shape index (κ3) is 7.51. The first kappa shape index (κ1) is 37.9. The Bertz CT molecular complexity index is 2290. The third-order valence-corrected chi connectivity index (χ3v) is 10.9. The highest BCUT2D eigenvalue weighted by Crippen LogP contribution is 2.38. The van der Waals surface area contributed by atoms with E-state index in [2.05, 4.69) is 25.6 Å². The molecule has 0 bridgehead atoms. The summed E-state index contributed by atoms with van der Waals surface area (Å²) in [5, 5.41) is 5.94. The van der Waals surface area contributed by atoms with Gasteiger partial charge in [0.1, 0.15) is 34.9 Å². The van der Waals surface area contributed by atoms with Gasteiger partial charge in [-0.1, -0.05) is 18.2 Å². The van der Waals surface area contributed by atoms with E-state index in [9.17, 15) is 22.8 Å². The molecule has 2 N–H and O–H groups in total. The predicted molar refractivity (Wildman–Crippen MR) is 194 cm³/mol. The molecule has 2 fully saturated rings. The number of halogens is 6. The van der Waals surface area contributed by atoms with E-state index in [1.165, 1.54) is 30.3 Å². The van der Waals surface area contributed by atoms with Gasteiger partial charge < -0.3 is 5.32 Å². The zero-order chi connectivity index (χ0) is 39.2. The van der Waals surface area contributed by atoms with Gasteiger partial charge in [-0.2, -0.15) is 0 Å². The number of carbonyl (C=O) groups is 2. The van der Waals surface area contributed by atoms with Crippen LogP contribution in [-0.2, 0) is 21.5 Å². The van der Waals surface area contributed by atoms with E-state index in [-0.39, 0.29) is 36.1 Å². The van der Waals surface area contributed by atoms with E-state index in [1.807, 2.05) is 4.90 Å². The van der Waals surface area contributed by atoms with Crippen molar-refractivity contribution in [3.05, 3.63) is 118 Å². The minimum atomic E-state index is -2.97. The maximum Gasteiger partial charge on any atom is 0.266 e. The molecule has 14 heteroatoms. The molecule has 2 aliphatic heterocycles. The third-order valence-electron chi connectivity index (χ3n) is 10.9. The van der Waals surface area contributed by atoms with Gasteiger partial charge in [-0.05, 0) is 101 Å². The lowest BCUT2D eigenvalue weighted by Crippen LogP contribution is -2.49. The second-order valence-electron chi connectivity index (χ2n) is 14.5. The maximum atomic E-state index is 15.5. The summed E-state index contributed by atoms with van der Waals surface area (Å²) in [5.41, 5.74) is 0.275. The van der Waals surface area contributed by atoms with Crippen molar-refractivity contribution >= 4 is 28.5 Å². The zero-order valence-electron chi connectivity index (χ0n) is 30.3. The number of hydrogen-bond acceptors (Lipinski definition) is 7. The molecule has 0 aliphatic carbocycles. The molecular formula is C41H38F6N6O2. The summed E-state index contributed by atoms with van der Waals surface area (Å²) in [5.74, 6) is -3.54. The lowest BCUT2D eigenvalue weighted by atomic mass is 9.74. The van der Waals surface area contributed by atoms with Gasteiger partial charge in [0.25, 0.3) is 6.43 Å². The summed E-state index contributed by atoms with van der Waals surface area (Å²) < 4.78 is 88.0. The number of anilines is 1. The summed E-state index contributed by atoms with van der Waals surface area (Å²) in [6, 6.07) is 11.9. The largest absolute Gasteiger partial charge is 0.363 e. The summed E-state index contributed by atoms with van der Waals surface area (Å²) >= 11 is 0. The molecule has 55 heavy (non-hydrogen) atoms. The molecule has 0 unspecified atom stereocenters. The van der Waals surface area contributed by atoms with Crippen LogP contribution in [0.4, 0.5) is 32.2 Å². The van der Waals surface area contributed by atoms with Crippen molar-refractivity contribution in [3.8, 4) is 11.3 Å². The fourth-order valence-corrected chi connectivity index (χ4v) is 7.62. The minimum Gasteiger partial charge on any atom is -0.363 e. The van der Waals surface area contributed by atoms with Crippen LogP contribution in [0.1, 0.15) is 91.6 Å². The molecule has 4 heterocycles. The number of piperidine rings is 2. The van der Waals surface area contributed by atoms with Crippen LogP contribution in [-0.4, -0.2) is 44.8 Å². The van der Waals surface area contributed by atoms with E-state index in [0.29, 0.717) is 65.3 Å². The standard InChI is InChI=1S/C41H38F6N6O2/c1-21(27-5-4-6-28(37(27)45)38(46)47)49-39-29-18-33(48-19-34(29)50-22(2)51-39)24-7-8-30(42)25(15-24)20-53-13-10-23(11-14-53)36-31(43)16-26(17-32(36)44)41(3)12-9-35(54)52-40(41)55/h4-8,15-19,21,23,38H,9-14,20H2,1-3H3,(H,49,50,51)(H,52,54,55)/t21-,41-/m1/s1. The molecule has 3 aromatic carbocycles. The predicted octanol–water partition coefficient (Wildman–Crippen LogP) is 8.74. The zero-order valence-corrected chi connectivity index (χ0v) is 30.3. The number of alkyl halides is 2. The van der Waals surface area contributed by atoms with Crippen molar-refractivity contribution < 1.29 is 35.9 Å². The highest BCUT2D eigenvalue weighted by molar-refractivity contribution is 6.03. The Hall–Kier alpha value is -5.37. The van der Waals surface area contributed by atoms with Gasteiger partial charge in [0.05, 0.1) is 34.4 Å². The Morgan fingerprint density at radius 3 is 2.35 bits per heavy atom. The second kappa shape index (κ2) is 15.0. The SMILES string of the molecule is Cc1nc(N[C@H](C)c2cccc(C(F)F)c2F)c2cc(-c3ccc(F)c(CN4CCC(c5c(F)cc([C@@]6(C)CCC(=O)NC6=O)cc5F)CC4)c3)ncc2n1. The molecule has 0 spiro atoms. The van der Waals surface area contributed by atoms with E-state index in [0.717, 1.165) is 6.07 Å². The molecule has 5 aromatic rings. The van der Waals surface area contributed by atoms with Crippen LogP contribution in [0, 0.1) is 30.2 Å².